The Kier molecular flexibility index (Phi) is 3.12. The van der Waals surface area contributed by atoms with Gasteiger partial charge in [0.05, 0.1) is 5.56 Å². The third-order valence-electron chi connectivity index (χ3n) is 3.77. The van der Waals surface area contributed by atoms with Crippen molar-refractivity contribution < 1.29 is 0 Å². The van der Waals surface area contributed by atoms with E-state index in [1.165, 1.54) is 0 Å². The highest BCUT2D eigenvalue weighted by Crippen LogP contribution is 2.36. The SMILES string of the molecule is CC(C)c1ccc(-c2n[nH]c(=S)n2C)c(=O)n1C1CC1. The maximum Gasteiger partial charge on any atom is 0.262 e. The number of nitrogens with one attached hydrogen (secondary N) is 1. The number of aromatic nitrogens is 4. The van der Waals surface area contributed by atoms with Crippen LogP contribution in [0.3, 0.4) is 0 Å². The van der Waals surface area contributed by atoms with Crippen LogP contribution >= 0.6 is 12.2 Å². The van der Waals surface area contributed by atoms with Gasteiger partial charge in [0.1, 0.15) is 0 Å². The number of H-pyrrole nitrogens is 1. The number of aromatic amines is 1. The number of rotatable bonds is 3. The third-order valence-corrected chi connectivity index (χ3v) is 4.14. The molecule has 0 radical (unpaired) electrons. The molecule has 1 aliphatic carbocycles. The van der Waals surface area contributed by atoms with Crippen LogP contribution in [0.4, 0.5) is 0 Å². The first-order valence-corrected chi connectivity index (χ1v) is 7.28. The first kappa shape index (κ1) is 13.3. The van der Waals surface area contributed by atoms with Gasteiger partial charge in [-0.25, -0.2) is 0 Å². The Morgan fingerprint density at radius 1 is 1.40 bits per heavy atom. The van der Waals surface area contributed by atoms with Gasteiger partial charge < -0.3 is 9.13 Å². The predicted octanol–water partition coefficient (Wildman–Crippen LogP) is 2.76. The van der Waals surface area contributed by atoms with Crippen LogP contribution < -0.4 is 5.56 Å². The van der Waals surface area contributed by atoms with Gasteiger partial charge in [0.25, 0.3) is 5.56 Å². The van der Waals surface area contributed by atoms with Gasteiger partial charge in [0.2, 0.25) is 0 Å². The number of hydrogen-bond donors (Lipinski definition) is 1. The van der Waals surface area contributed by atoms with E-state index in [1.54, 1.807) is 4.57 Å². The Hall–Kier alpha value is -1.69. The summed E-state index contributed by atoms with van der Waals surface area (Å²) in [5.41, 5.74) is 1.74. The lowest BCUT2D eigenvalue weighted by Gasteiger charge is -2.16. The van der Waals surface area contributed by atoms with Crippen molar-refractivity contribution in [1.29, 1.82) is 0 Å². The molecule has 1 N–H and O–H groups in total. The molecule has 106 valence electrons. The fourth-order valence-corrected chi connectivity index (χ4v) is 2.64. The molecule has 0 bridgehead atoms. The van der Waals surface area contributed by atoms with Crippen molar-refractivity contribution in [3.63, 3.8) is 0 Å². The van der Waals surface area contributed by atoms with Crippen molar-refractivity contribution in [2.45, 2.75) is 38.6 Å². The van der Waals surface area contributed by atoms with Gasteiger partial charge >= 0.3 is 0 Å². The summed E-state index contributed by atoms with van der Waals surface area (Å²) in [5, 5.41) is 6.91. The first-order chi connectivity index (χ1) is 9.50. The number of pyridine rings is 1. The summed E-state index contributed by atoms with van der Waals surface area (Å²) in [4.78, 5) is 12.8. The second-order valence-electron chi connectivity index (χ2n) is 5.64. The average molecular weight is 290 g/mol. The monoisotopic (exact) mass is 290 g/mol. The standard InChI is InChI=1S/C14H18N4OS/c1-8(2)11-7-6-10(12-15-16-14(20)17(12)3)13(19)18(11)9-4-5-9/h6-9H,4-5H2,1-3H3,(H,16,20). The van der Waals surface area contributed by atoms with Gasteiger partial charge in [-0.15, -0.1) is 0 Å². The minimum absolute atomic E-state index is 0.0378. The Labute approximate surface area is 122 Å². The summed E-state index contributed by atoms with van der Waals surface area (Å²) in [6.45, 7) is 4.23. The molecule has 2 aromatic rings. The lowest BCUT2D eigenvalue weighted by atomic mass is 10.1. The normalized spacial score (nSPS) is 15.0. The predicted molar refractivity (Wildman–Crippen MR) is 80.4 cm³/mol. The molecule has 3 rings (SSSR count). The van der Waals surface area contributed by atoms with E-state index in [1.807, 2.05) is 23.7 Å². The quantitative estimate of drug-likeness (QED) is 0.884. The maximum atomic E-state index is 12.8. The molecule has 0 saturated heterocycles. The molecule has 0 amide bonds. The van der Waals surface area contributed by atoms with Crippen molar-refractivity contribution in [2.75, 3.05) is 0 Å². The fourth-order valence-electron chi connectivity index (χ4n) is 2.51. The van der Waals surface area contributed by atoms with Crippen molar-refractivity contribution in [2.24, 2.45) is 7.05 Å². The summed E-state index contributed by atoms with van der Waals surface area (Å²) >= 11 is 5.12. The molecule has 5 nitrogen and oxygen atoms in total. The number of hydrogen-bond acceptors (Lipinski definition) is 3. The lowest BCUT2D eigenvalue weighted by Crippen LogP contribution is -2.25. The van der Waals surface area contributed by atoms with Crippen LogP contribution in [-0.2, 0) is 7.05 Å². The summed E-state index contributed by atoms with van der Waals surface area (Å²) < 4.78 is 4.20. The van der Waals surface area contributed by atoms with Gasteiger partial charge in [-0.1, -0.05) is 13.8 Å². The highest BCUT2D eigenvalue weighted by Gasteiger charge is 2.29. The van der Waals surface area contributed by atoms with E-state index in [9.17, 15) is 4.79 Å². The van der Waals surface area contributed by atoms with Crippen molar-refractivity contribution >= 4 is 12.2 Å². The zero-order valence-electron chi connectivity index (χ0n) is 11.9. The Morgan fingerprint density at radius 2 is 2.10 bits per heavy atom. The van der Waals surface area contributed by atoms with E-state index < -0.39 is 0 Å². The van der Waals surface area contributed by atoms with E-state index in [-0.39, 0.29) is 5.56 Å². The zero-order valence-corrected chi connectivity index (χ0v) is 12.7. The molecule has 2 heterocycles. The van der Waals surface area contributed by atoms with Gasteiger partial charge in [0.15, 0.2) is 10.6 Å². The molecule has 2 aromatic heterocycles. The second kappa shape index (κ2) is 4.70. The average Bonchev–Trinajstić information content (AvgIpc) is 3.18. The third kappa shape index (κ3) is 2.04. The molecule has 1 saturated carbocycles. The lowest BCUT2D eigenvalue weighted by molar-refractivity contribution is 0.626. The molecule has 0 spiro atoms. The van der Waals surface area contributed by atoms with Gasteiger partial charge in [-0.3, -0.25) is 9.89 Å². The first-order valence-electron chi connectivity index (χ1n) is 6.88. The van der Waals surface area contributed by atoms with Crippen LogP contribution in [0, 0.1) is 4.77 Å². The van der Waals surface area contributed by atoms with Gasteiger partial charge in [-0.2, -0.15) is 5.10 Å². The number of nitrogens with zero attached hydrogens (tertiary/aromatic N) is 3. The van der Waals surface area contributed by atoms with Crippen LogP contribution in [0.25, 0.3) is 11.4 Å². The highest BCUT2D eigenvalue weighted by molar-refractivity contribution is 7.71. The largest absolute Gasteiger partial charge is 0.309 e. The molecule has 0 unspecified atom stereocenters. The summed E-state index contributed by atoms with van der Waals surface area (Å²) in [6.07, 6.45) is 2.17. The molecule has 1 aliphatic rings. The molecule has 1 fully saturated rings. The summed E-state index contributed by atoms with van der Waals surface area (Å²) in [6, 6.07) is 4.26. The van der Waals surface area contributed by atoms with Gasteiger partial charge in [-0.05, 0) is 43.1 Å². The molecule has 6 heteroatoms. The fraction of sp³-hybridized carbons (Fsp3) is 0.500. The molecule has 20 heavy (non-hydrogen) atoms. The molecular formula is C14H18N4OS. The molecule has 0 aromatic carbocycles. The van der Waals surface area contributed by atoms with E-state index >= 15 is 0 Å². The van der Waals surface area contributed by atoms with E-state index in [0.717, 1.165) is 18.5 Å². The summed E-state index contributed by atoms with van der Waals surface area (Å²) in [5.74, 6) is 0.935. The molecule has 0 aliphatic heterocycles. The van der Waals surface area contributed by atoms with Crippen molar-refractivity contribution in [3.8, 4) is 11.4 Å². The summed E-state index contributed by atoms with van der Waals surface area (Å²) in [7, 11) is 1.82. The van der Waals surface area contributed by atoms with E-state index in [2.05, 4.69) is 24.0 Å². The van der Waals surface area contributed by atoms with Crippen LogP contribution in [0.2, 0.25) is 0 Å². The minimum atomic E-state index is 0.0378. The smallest absolute Gasteiger partial charge is 0.262 e. The van der Waals surface area contributed by atoms with Crippen LogP contribution in [0.15, 0.2) is 16.9 Å². The zero-order chi connectivity index (χ0) is 14.4. The van der Waals surface area contributed by atoms with E-state index in [4.69, 9.17) is 12.2 Å². The van der Waals surface area contributed by atoms with Gasteiger partial charge in [0, 0.05) is 18.8 Å². The molecule has 0 atom stereocenters. The van der Waals surface area contributed by atoms with Crippen molar-refractivity contribution in [3.05, 3.63) is 33.0 Å². The second-order valence-corrected chi connectivity index (χ2v) is 6.03. The minimum Gasteiger partial charge on any atom is -0.309 e. The van der Waals surface area contributed by atoms with Crippen LogP contribution in [-0.4, -0.2) is 19.3 Å². The maximum absolute atomic E-state index is 12.8. The van der Waals surface area contributed by atoms with E-state index in [0.29, 0.717) is 28.1 Å². The molecular weight excluding hydrogens is 272 g/mol. The van der Waals surface area contributed by atoms with Crippen LogP contribution in [0.1, 0.15) is 44.3 Å². The Morgan fingerprint density at radius 3 is 2.60 bits per heavy atom. The van der Waals surface area contributed by atoms with Crippen molar-refractivity contribution in [1.82, 2.24) is 19.3 Å². The topological polar surface area (TPSA) is 55.6 Å². The van der Waals surface area contributed by atoms with Crippen LogP contribution in [0.5, 0.6) is 0 Å². The Balaban J connectivity index is 2.24. The Bertz CT molecular complexity index is 764. The highest BCUT2D eigenvalue weighted by atomic mass is 32.1.